The summed E-state index contributed by atoms with van der Waals surface area (Å²) in [5.74, 6) is -2.76. The van der Waals surface area contributed by atoms with Gasteiger partial charge in [-0.3, -0.25) is 0 Å². The standard InChI is InChI=1S/C12H16N2O3.C2HF3O2/c15-11-7-13-6-10(11)14-12(16)17-8-9-4-2-1-3-5-9;3-2(4,5)1(6)7/h1-5,10-11,13,15H,6-8H2,(H,14,16);(H,6,7)/t10-,11-;/m1./s1. The molecule has 0 bridgehead atoms. The maximum atomic E-state index is 11.4. The minimum absolute atomic E-state index is 0.239. The molecule has 1 aromatic carbocycles. The van der Waals surface area contributed by atoms with Gasteiger partial charge in [-0.05, 0) is 5.56 Å². The summed E-state index contributed by atoms with van der Waals surface area (Å²) in [6.07, 6.45) is -6.12. The van der Waals surface area contributed by atoms with Gasteiger partial charge in [-0.15, -0.1) is 0 Å². The average Bonchev–Trinajstić information content (AvgIpc) is 2.91. The summed E-state index contributed by atoms with van der Waals surface area (Å²) in [5.41, 5.74) is 0.938. The first kappa shape index (κ1) is 19.7. The zero-order valence-corrected chi connectivity index (χ0v) is 12.4. The number of benzene rings is 1. The second-order valence-electron chi connectivity index (χ2n) is 4.84. The van der Waals surface area contributed by atoms with Gasteiger partial charge in [-0.1, -0.05) is 30.3 Å². The number of alkyl carbamates (subject to hydrolysis) is 1. The third-order valence-corrected chi connectivity index (χ3v) is 2.94. The fourth-order valence-electron chi connectivity index (χ4n) is 1.73. The van der Waals surface area contributed by atoms with Gasteiger partial charge in [0.05, 0.1) is 12.1 Å². The van der Waals surface area contributed by atoms with Crippen LogP contribution in [0.1, 0.15) is 5.56 Å². The molecule has 1 aromatic rings. The average molecular weight is 350 g/mol. The van der Waals surface area contributed by atoms with Gasteiger partial charge in [0, 0.05) is 13.1 Å². The Kier molecular flexibility index (Phi) is 7.46. The number of nitrogens with one attached hydrogen (secondary N) is 2. The van der Waals surface area contributed by atoms with Crippen LogP contribution in [0.15, 0.2) is 30.3 Å². The van der Waals surface area contributed by atoms with Gasteiger partial charge in [0.2, 0.25) is 0 Å². The molecule has 0 unspecified atom stereocenters. The molecule has 134 valence electrons. The van der Waals surface area contributed by atoms with Crippen molar-refractivity contribution in [2.24, 2.45) is 0 Å². The van der Waals surface area contributed by atoms with E-state index in [2.05, 4.69) is 10.6 Å². The van der Waals surface area contributed by atoms with Gasteiger partial charge in [0.25, 0.3) is 0 Å². The summed E-state index contributed by atoms with van der Waals surface area (Å²) >= 11 is 0. The van der Waals surface area contributed by atoms with E-state index in [1.54, 1.807) is 0 Å². The Hall–Kier alpha value is -2.33. The number of hydrogen-bond donors (Lipinski definition) is 4. The summed E-state index contributed by atoms with van der Waals surface area (Å²) < 4.78 is 36.8. The number of aliphatic hydroxyl groups is 1. The Balaban J connectivity index is 0.000000351. The predicted molar refractivity (Wildman–Crippen MR) is 76.1 cm³/mol. The van der Waals surface area contributed by atoms with E-state index in [0.717, 1.165) is 5.56 Å². The molecule has 0 radical (unpaired) electrons. The normalized spacial score (nSPS) is 19.8. The zero-order chi connectivity index (χ0) is 18.2. The van der Waals surface area contributed by atoms with E-state index >= 15 is 0 Å². The number of alkyl halides is 3. The lowest BCUT2D eigenvalue weighted by atomic mass is 10.2. The van der Waals surface area contributed by atoms with Crippen molar-refractivity contribution < 1.29 is 37.7 Å². The smallest absolute Gasteiger partial charge is 0.475 e. The van der Waals surface area contributed by atoms with Crippen LogP contribution in [0.4, 0.5) is 18.0 Å². The molecule has 0 aliphatic carbocycles. The van der Waals surface area contributed by atoms with Gasteiger partial charge in [0.15, 0.2) is 0 Å². The number of carboxylic acids is 1. The number of hydrogen-bond acceptors (Lipinski definition) is 5. The molecular weight excluding hydrogens is 333 g/mol. The third-order valence-electron chi connectivity index (χ3n) is 2.94. The summed E-state index contributed by atoms with van der Waals surface area (Å²) in [6, 6.07) is 9.20. The van der Waals surface area contributed by atoms with Crippen molar-refractivity contribution in [3.63, 3.8) is 0 Å². The molecule has 2 atom stereocenters. The lowest BCUT2D eigenvalue weighted by Gasteiger charge is -2.15. The monoisotopic (exact) mass is 350 g/mol. The number of amides is 1. The van der Waals surface area contributed by atoms with Crippen LogP contribution >= 0.6 is 0 Å². The lowest BCUT2D eigenvalue weighted by Crippen LogP contribution is -2.42. The van der Waals surface area contributed by atoms with Crippen LogP contribution in [0.2, 0.25) is 0 Å². The predicted octanol–water partition coefficient (Wildman–Crippen LogP) is 0.879. The molecule has 0 aromatic heterocycles. The summed E-state index contributed by atoms with van der Waals surface area (Å²) in [7, 11) is 0. The Morgan fingerprint density at radius 3 is 2.29 bits per heavy atom. The molecule has 2 rings (SSSR count). The summed E-state index contributed by atoms with van der Waals surface area (Å²) in [5, 5.41) is 22.2. The highest BCUT2D eigenvalue weighted by molar-refractivity contribution is 5.73. The quantitative estimate of drug-likeness (QED) is 0.645. The van der Waals surface area contributed by atoms with Crippen molar-refractivity contribution in [3.8, 4) is 0 Å². The maximum absolute atomic E-state index is 11.4. The molecule has 4 N–H and O–H groups in total. The van der Waals surface area contributed by atoms with Crippen molar-refractivity contribution in [2.75, 3.05) is 13.1 Å². The van der Waals surface area contributed by atoms with Gasteiger partial charge in [-0.25, -0.2) is 9.59 Å². The lowest BCUT2D eigenvalue weighted by molar-refractivity contribution is -0.192. The van der Waals surface area contributed by atoms with Gasteiger partial charge in [0.1, 0.15) is 6.61 Å². The van der Waals surface area contributed by atoms with E-state index in [1.807, 2.05) is 30.3 Å². The van der Waals surface area contributed by atoms with Crippen molar-refractivity contribution in [1.29, 1.82) is 0 Å². The second-order valence-corrected chi connectivity index (χ2v) is 4.84. The number of aliphatic hydroxyl groups excluding tert-OH is 1. The van der Waals surface area contributed by atoms with Crippen LogP contribution in [0.5, 0.6) is 0 Å². The fraction of sp³-hybridized carbons (Fsp3) is 0.429. The molecule has 10 heteroatoms. The van der Waals surface area contributed by atoms with E-state index < -0.39 is 24.3 Å². The highest BCUT2D eigenvalue weighted by Gasteiger charge is 2.38. The summed E-state index contributed by atoms with van der Waals surface area (Å²) in [4.78, 5) is 20.3. The van der Waals surface area contributed by atoms with Crippen LogP contribution in [0.25, 0.3) is 0 Å². The maximum Gasteiger partial charge on any atom is 0.490 e. The number of β-amino-alcohol motifs (C(OH)–C–C–N with tert-alkyl or cyclic N) is 1. The van der Waals surface area contributed by atoms with Crippen LogP contribution < -0.4 is 10.6 Å². The molecule has 24 heavy (non-hydrogen) atoms. The fourth-order valence-corrected chi connectivity index (χ4v) is 1.73. The van der Waals surface area contributed by atoms with Crippen LogP contribution in [0.3, 0.4) is 0 Å². The molecule has 7 nitrogen and oxygen atoms in total. The molecule has 1 aliphatic heterocycles. The number of carboxylic acid groups (broad SMARTS) is 1. The van der Waals surface area contributed by atoms with E-state index in [4.69, 9.17) is 14.6 Å². The Morgan fingerprint density at radius 2 is 1.83 bits per heavy atom. The van der Waals surface area contributed by atoms with Crippen LogP contribution in [-0.4, -0.2) is 53.7 Å². The van der Waals surface area contributed by atoms with Gasteiger partial charge < -0.3 is 25.6 Å². The number of carbonyl (C=O) groups excluding carboxylic acids is 1. The first-order valence-electron chi connectivity index (χ1n) is 6.86. The molecular formula is C14H17F3N2O5. The van der Waals surface area contributed by atoms with Crippen molar-refractivity contribution >= 4 is 12.1 Å². The molecule has 1 fully saturated rings. The highest BCUT2D eigenvalue weighted by atomic mass is 19.4. The van der Waals surface area contributed by atoms with E-state index in [1.165, 1.54) is 0 Å². The van der Waals surface area contributed by atoms with Crippen LogP contribution in [0, 0.1) is 0 Å². The Morgan fingerprint density at radius 1 is 1.25 bits per heavy atom. The van der Waals surface area contributed by atoms with Crippen molar-refractivity contribution in [2.45, 2.75) is 24.9 Å². The number of halogens is 3. The molecule has 0 spiro atoms. The molecule has 1 saturated heterocycles. The molecule has 0 saturated carbocycles. The largest absolute Gasteiger partial charge is 0.490 e. The minimum Gasteiger partial charge on any atom is -0.475 e. The number of carbonyl (C=O) groups is 2. The SMILES string of the molecule is O=C(N[C@@H]1CNC[C@H]1O)OCc1ccccc1.O=C(O)C(F)(F)F. The first-order chi connectivity index (χ1) is 11.2. The second kappa shape index (κ2) is 9.08. The number of ether oxygens (including phenoxy) is 1. The van der Waals surface area contributed by atoms with E-state index in [-0.39, 0.29) is 12.6 Å². The first-order valence-corrected chi connectivity index (χ1v) is 6.86. The Labute approximate surface area is 135 Å². The molecule has 1 amide bonds. The number of rotatable bonds is 3. The molecule has 1 heterocycles. The number of aliphatic carboxylic acids is 1. The van der Waals surface area contributed by atoms with E-state index in [0.29, 0.717) is 13.1 Å². The third kappa shape index (κ3) is 7.29. The minimum atomic E-state index is -5.08. The van der Waals surface area contributed by atoms with Gasteiger partial charge >= 0.3 is 18.2 Å². The highest BCUT2D eigenvalue weighted by Crippen LogP contribution is 2.13. The summed E-state index contributed by atoms with van der Waals surface area (Å²) in [6.45, 7) is 1.31. The van der Waals surface area contributed by atoms with Gasteiger partial charge in [-0.2, -0.15) is 13.2 Å². The molecule has 1 aliphatic rings. The Bertz CT molecular complexity index is 539. The van der Waals surface area contributed by atoms with Crippen LogP contribution in [-0.2, 0) is 16.1 Å². The van der Waals surface area contributed by atoms with Crippen molar-refractivity contribution in [3.05, 3.63) is 35.9 Å². The zero-order valence-electron chi connectivity index (χ0n) is 12.4. The van der Waals surface area contributed by atoms with Crippen molar-refractivity contribution in [1.82, 2.24) is 10.6 Å². The van der Waals surface area contributed by atoms with E-state index in [9.17, 15) is 23.1 Å². The topological polar surface area (TPSA) is 108 Å².